The van der Waals surface area contributed by atoms with E-state index in [2.05, 4.69) is 5.16 Å². The van der Waals surface area contributed by atoms with Crippen molar-refractivity contribution in [1.29, 1.82) is 0 Å². The third-order valence-corrected chi connectivity index (χ3v) is 1.84. The zero-order valence-corrected chi connectivity index (χ0v) is 7.42. The van der Waals surface area contributed by atoms with Gasteiger partial charge in [-0.15, -0.1) is 0 Å². The quantitative estimate of drug-likeness (QED) is 0.699. The SMILES string of the molecule is Cc1cc(-c2c(F)cccc2F)on1. The largest absolute Gasteiger partial charge is 0.356 e. The summed E-state index contributed by atoms with van der Waals surface area (Å²) < 4.78 is 31.2. The van der Waals surface area contributed by atoms with Crippen LogP contribution in [0.2, 0.25) is 0 Å². The Hall–Kier alpha value is -1.71. The van der Waals surface area contributed by atoms with Gasteiger partial charge in [0, 0.05) is 6.07 Å². The Morgan fingerprint density at radius 1 is 1.21 bits per heavy atom. The van der Waals surface area contributed by atoms with Crippen LogP contribution in [-0.2, 0) is 0 Å². The van der Waals surface area contributed by atoms with E-state index in [9.17, 15) is 8.78 Å². The summed E-state index contributed by atoms with van der Waals surface area (Å²) in [5.41, 5.74) is 0.413. The molecule has 72 valence electrons. The van der Waals surface area contributed by atoms with Gasteiger partial charge < -0.3 is 4.52 Å². The Morgan fingerprint density at radius 2 is 1.86 bits per heavy atom. The molecule has 0 atom stereocenters. The highest BCUT2D eigenvalue weighted by atomic mass is 19.1. The topological polar surface area (TPSA) is 26.0 Å². The molecule has 0 fully saturated rings. The number of rotatable bonds is 1. The van der Waals surface area contributed by atoms with Crippen molar-refractivity contribution < 1.29 is 13.3 Å². The van der Waals surface area contributed by atoms with Crippen LogP contribution in [0.4, 0.5) is 8.78 Å². The first-order valence-electron chi connectivity index (χ1n) is 4.06. The maximum Gasteiger partial charge on any atom is 0.173 e. The van der Waals surface area contributed by atoms with Crippen LogP contribution in [0.1, 0.15) is 5.69 Å². The van der Waals surface area contributed by atoms with Crippen LogP contribution in [-0.4, -0.2) is 5.16 Å². The van der Waals surface area contributed by atoms with Crippen LogP contribution in [0, 0.1) is 18.6 Å². The van der Waals surface area contributed by atoms with E-state index in [1.165, 1.54) is 24.3 Å². The van der Waals surface area contributed by atoms with E-state index >= 15 is 0 Å². The molecule has 0 aliphatic heterocycles. The summed E-state index contributed by atoms with van der Waals surface area (Å²) in [7, 11) is 0. The van der Waals surface area contributed by atoms with Crippen molar-refractivity contribution in [3.05, 3.63) is 41.6 Å². The Kier molecular flexibility index (Phi) is 2.04. The fraction of sp³-hybridized carbons (Fsp3) is 0.100. The van der Waals surface area contributed by atoms with Crippen molar-refractivity contribution in [2.75, 3.05) is 0 Å². The molecule has 0 amide bonds. The fourth-order valence-corrected chi connectivity index (χ4v) is 1.21. The molecule has 0 aliphatic carbocycles. The Labute approximate surface area is 79.1 Å². The molecule has 2 aromatic rings. The molecule has 1 aromatic heterocycles. The molecule has 1 heterocycles. The molecule has 1 aromatic carbocycles. The van der Waals surface area contributed by atoms with Gasteiger partial charge in [0.2, 0.25) is 0 Å². The average Bonchev–Trinajstić information content (AvgIpc) is 2.51. The van der Waals surface area contributed by atoms with E-state index in [1.54, 1.807) is 6.92 Å². The first-order chi connectivity index (χ1) is 6.68. The van der Waals surface area contributed by atoms with Gasteiger partial charge in [-0.05, 0) is 19.1 Å². The van der Waals surface area contributed by atoms with Crippen LogP contribution >= 0.6 is 0 Å². The molecule has 0 bridgehead atoms. The lowest BCUT2D eigenvalue weighted by molar-refractivity contribution is 0.422. The van der Waals surface area contributed by atoms with Crippen LogP contribution in [0.25, 0.3) is 11.3 Å². The monoisotopic (exact) mass is 195 g/mol. The van der Waals surface area contributed by atoms with Gasteiger partial charge in [-0.3, -0.25) is 0 Å². The van der Waals surface area contributed by atoms with Gasteiger partial charge in [-0.25, -0.2) is 8.78 Å². The second-order valence-electron chi connectivity index (χ2n) is 2.93. The minimum Gasteiger partial charge on any atom is -0.356 e. The Bertz CT molecular complexity index is 445. The molecule has 0 aliphatic rings. The van der Waals surface area contributed by atoms with E-state index in [0.29, 0.717) is 5.69 Å². The van der Waals surface area contributed by atoms with Crippen molar-refractivity contribution in [1.82, 2.24) is 5.16 Å². The zero-order valence-electron chi connectivity index (χ0n) is 7.42. The molecule has 0 spiro atoms. The van der Waals surface area contributed by atoms with Crippen LogP contribution < -0.4 is 0 Å². The molecule has 4 heteroatoms. The van der Waals surface area contributed by atoms with Gasteiger partial charge in [0.05, 0.1) is 11.3 Å². The highest BCUT2D eigenvalue weighted by Gasteiger charge is 2.14. The smallest absolute Gasteiger partial charge is 0.173 e. The Balaban J connectivity index is 2.61. The number of aromatic nitrogens is 1. The van der Waals surface area contributed by atoms with E-state index in [4.69, 9.17) is 4.52 Å². The summed E-state index contributed by atoms with van der Waals surface area (Å²) in [4.78, 5) is 0. The summed E-state index contributed by atoms with van der Waals surface area (Å²) >= 11 is 0. The standard InChI is InChI=1S/C10H7F2NO/c1-6-5-9(14-13-6)10-7(11)3-2-4-8(10)12/h2-5H,1H3. The van der Waals surface area contributed by atoms with Gasteiger partial charge in [-0.2, -0.15) is 0 Å². The van der Waals surface area contributed by atoms with Crippen molar-refractivity contribution in [2.45, 2.75) is 6.92 Å². The first kappa shape index (κ1) is 8.87. The van der Waals surface area contributed by atoms with E-state index in [0.717, 1.165) is 0 Å². The molecular formula is C10H7F2NO. The summed E-state index contributed by atoms with van der Waals surface area (Å²) in [5, 5.41) is 3.57. The second kappa shape index (κ2) is 3.21. The minimum atomic E-state index is -0.652. The molecule has 0 radical (unpaired) electrons. The van der Waals surface area contributed by atoms with Gasteiger partial charge in [-0.1, -0.05) is 11.2 Å². The Morgan fingerprint density at radius 3 is 2.36 bits per heavy atom. The molecule has 0 unspecified atom stereocenters. The fourth-order valence-electron chi connectivity index (χ4n) is 1.21. The summed E-state index contributed by atoms with van der Waals surface area (Å²) in [6.45, 7) is 1.69. The zero-order chi connectivity index (χ0) is 10.1. The van der Waals surface area contributed by atoms with Crippen molar-refractivity contribution in [3.8, 4) is 11.3 Å². The van der Waals surface area contributed by atoms with Gasteiger partial charge in [0.25, 0.3) is 0 Å². The number of benzene rings is 1. The molecule has 0 N–H and O–H groups in total. The summed E-state index contributed by atoms with van der Waals surface area (Å²) in [6, 6.07) is 5.14. The summed E-state index contributed by atoms with van der Waals surface area (Å²) in [5.74, 6) is -1.19. The highest BCUT2D eigenvalue weighted by Crippen LogP contribution is 2.26. The minimum absolute atomic E-state index is 0.109. The molecule has 2 rings (SSSR count). The van der Waals surface area contributed by atoms with Crippen LogP contribution in [0.3, 0.4) is 0 Å². The number of aryl methyl sites for hydroxylation is 1. The van der Waals surface area contributed by atoms with Gasteiger partial charge in [0.15, 0.2) is 5.76 Å². The lowest BCUT2D eigenvalue weighted by Crippen LogP contribution is -1.87. The number of nitrogens with zero attached hydrogens (tertiary/aromatic N) is 1. The van der Waals surface area contributed by atoms with Crippen LogP contribution in [0.15, 0.2) is 28.8 Å². The third kappa shape index (κ3) is 1.39. The van der Waals surface area contributed by atoms with Crippen molar-refractivity contribution in [2.24, 2.45) is 0 Å². The second-order valence-corrected chi connectivity index (χ2v) is 2.93. The van der Waals surface area contributed by atoms with E-state index < -0.39 is 11.6 Å². The lowest BCUT2D eigenvalue weighted by atomic mass is 10.1. The van der Waals surface area contributed by atoms with Crippen LogP contribution in [0.5, 0.6) is 0 Å². The maximum atomic E-state index is 13.2. The summed E-state index contributed by atoms with van der Waals surface area (Å²) in [6.07, 6.45) is 0. The number of hydrogen-bond acceptors (Lipinski definition) is 2. The lowest BCUT2D eigenvalue weighted by Gasteiger charge is -1.98. The number of hydrogen-bond donors (Lipinski definition) is 0. The third-order valence-electron chi connectivity index (χ3n) is 1.84. The predicted molar refractivity (Wildman–Crippen MR) is 46.6 cm³/mol. The maximum absolute atomic E-state index is 13.2. The molecule has 2 nitrogen and oxygen atoms in total. The number of halogens is 2. The average molecular weight is 195 g/mol. The molecule has 14 heavy (non-hydrogen) atoms. The van der Waals surface area contributed by atoms with E-state index in [1.807, 2.05) is 0 Å². The van der Waals surface area contributed by atoms with Gasteiger partial charge in [0.1, 0.15) is 11.6 Å². The predicted octanol–water partition coefficient (Wildman–Crippen LogP) is 2.93. The normalized spacial score (nSPS) is 10.5. The molecule has 0 saturated heterocycles. The first-order valence-corrected chi connectivity index (χ1v) is 4.06. The molecule has 0 saturated carbocycles. The van der Waals surface area contributed by atoms with Gasteiger partial charge >= 0.3 is 0 Å². The van der Waals surface area contributed by atoms with Crippen molar-refractivity contribution >= 4 is 0 Å². The molecular weight excluding hydrogens is 188 g/mol. The highest BCUT2D eigenvalue weighted by molar-refractivity contribution is 5.58. The van der Waals surface area contributed by atoms with Crippen molar-refractivity contribution in [3.63, 3.8) is 0 Å². The van der Waals surface area contributed by atoms with E-state index in [-0.39, 0.29) is 11.3 Å².